The number of aromatic amines is 1. The summed E-state index contributed by atoms with van der Waals surface area (Å²) in [5.41, 5.74) is -0.228. The highest BCUT2D eigenvalue weighted by Crippen LogP contribution is 2.01. The fourth-order valence-electron chi connectivity index (χ4n) is 1.70. The largest absolute Gasteiger partial charge is 0.389 e. The number of H-pyrrole nitrogens is 1. The van der Waals surface area contributed by atoms with Gasteiger partial charge < -0.3 is 9.84 Å². The van der Waals surface area contributed by atoms with E-state index in [1.54, 1.807) is 0 Å². The van der Waals surface area contributed by atoms with Gasteiger partial charge in [-0.1, -0.05) is 30.3 Å². The Bertz CT molecular complexity index is 622. The second-order valence-electron chi connectivity index (χ2n) is 4.28. The maximum atomic E-state index is 11.4. The van der Waals surface area contributed by atoms with Crippen molar-refractivity contribution in [3.63, 3.8) is 0 Å². The molecule has 0 aliphatic rings. The third-order valence-corrected chi connectivity index (χ3v) is 2.66. The van der Waals surface area contributed by atoms with E-state index in [1.807, 2.05) is 30.3 Å². The Morgan fingerprint density at radius 2 is 2.05 bits per heavy atom. The Balaban J connectivity index is 1.85. The normalized spacial score (nSPS) is 12.2. The lowest BCUT2D eigenvalue weighted by molar-refractivity contribution is 0.0192. The van der Waals surface area contributed by atoms with E-state index >= 15 is 0 Å². The predicted molar refractivity (Wildman–Crippen MR) is 71.2 cm³/mol. The van der Waals surface area contributed by atoms with Crippen molar-refractivity contribution in [2.45, 2.75) is 19.3 Å². The molecular weight excluding hydrogens is 262 g/mol. The minimum Gasteiger partial charge on any atom is -0.389 e. The summed E-state index contributed by atoms with van der Waals surface area (Å²) in [6.07, 6.45) is 0.0405. The molecule has 1 unspecified atom stereocenters. The number of benzene rings is 1. The zero-order valence-electron chi connectivity index (χ0n) is 10.7. The molecule has 2 aromatic rings. The van der Waals surface area contributed by atoms with Crippen molar-refractivity contribution in [1.82, 2.24) is 14.8 Å². The highest BCUT2D eigenvalue weighted by Gasteiger charge is 2.09. The van der Waals surface area contributed by atoms with Crippen LogP contribution in [0.2, 0.25) is 0 Å². The molecule has 2 N–H and O–H groups in total. The molecule has 0 bridgehead atoms. The van der Waals surface area contributed by atoms with Crippen LogP contribution in [0.25, 0.3) is 0 Å². The van der Waals surface area contributed by atoms with E-state index in [2.05, 4.69) is 10.2 Å². The summed E-state index contributed by atoms with van der Waals surface area (Å²) in [5.74, 6) is 0. The molecular formula is C13H15N3O4. The lowest BCUT2D eigenvalue weighted by atomic mass is 10.2. The maximum absolute atomic E-state index is 11.4. The molecule has 0 saturated carbocycles. The van der Waals surface area contributed by atoms with Gasteiger partial charge in [-0.2, -0.15) is 5.10 Å². The Hall–Kier alpha value is -2.25. The van der Waals surface area contributed by atoms with Gasteiger partial charge in [-0.15, -0.1) is 0 Å². The van der Waals surface area contributed by atoms with Crippen molar-refractivity contribution in [2.24, 2.45) is 0 Å². The van der Waals surface area contributed by atoms with E-state index < -0.39 is 17.4 Å². The molecule has 1 heterocycles. The minimum atomic E-state index is -0.945. The van der Waals surface area contributed by atoms with Crippen molar-refractivity contribution in [1.29, 1.82) is 0 Å². The number of aliphatic hydroxyl groups excluding tert-OH is 1. The summed E-state index contributed by atoms with van der Waals surface area (Å²) in [7, 11) is 0. The Labute approximate surface area is 114 Å². The molecule has 0 spiro atoms. The molecule has 7 nitrogen and oxygen atoms in total. The van der Waals surface area contributed by atoms with Crippen molar-refractivity contribution in [3.8, 4) is 0 Å². The summed E-state index contributed by atoms with van der Waals surface area (Å²) in [4.78, 5) is 22.8. The van der Waals surface area contributed by atoms with Crippen LogP contribution in [0.5, 0.6) is 0 Å². The fourth-order valence-corrected chi connectivity index (χ4v) is 1.70. The molecule has 2 rings (SSSR count). The summed E-state index contributed by atoms with van der Waals surface area (Å²) in [6.45, 7) is 0.258. The molecule has 20 heavy (non-hydrogen) atoms. The van der Waals surface area contributed by atoms with E-state index in [0.717, 1.165) is 16.3 Å². The molecule has 106 valence electrons. The van der Waals surface area contributed by atoms with Gasteiger partial charge in [0.15, 0.2) is 0 Å². The molecule has 0 radical (unpaired) electrons. The van der Waals surface area contributed by atoms with Gasteiger partial charge in [-0.3, -0.25) is 9.36 Å². The zero-order chi connectivity index (χ0) is 14.4. The van der Waals surface area contributed by atoms with Crippen LogP contribution in [0.4, 0.5) is 0 Å². The summed E-state index contributed by atoms with van der Waals surface area (Å²) in [5, 5.41) is 15.3. The molecule has 0 aliphatic heterocycles. The van der Waals surface area contributed by atoms with Crippen LogP contribution in [-0.2, 0) is 17.9 Å². The first-order chi connectivity index (χ1) is 9.66. The number of aromatic nitrogens is 3. The molecule has 7 heteroatoms. The van der Waals surface area contributed by atoms with Crippen LogP contribution in [0.1, 0.15) is 5.56 Å². The molecule has 0 fully saturated rings. The molecule has 1 aromatic carbocycles. The first kappa shape index (κ1) is 14.2. The molecule has 0 aliphatic carbocycles. The van der Waals surface area contributed by atoms with Crippen molar-refractivity contribution >= 4 is 0 Å². The van der Waals surface area contributed by atoms with E-state index in [-0.39, 0.29) is 13.2 Å². The second kappa shape index (κ2) is 6.78. The number of rotatable bonds is 6. The van der Waals surface area contributed by atoms with Crippen LogP contribution < -0.4 is 11.2 Å². The average Bonchev–Trinajstić information content (AvgIpc) is 2.44. The SMILES string of the molecule is O=c1cn[nH]c(=O)n1CC(O)COCc1ccccc1. The minimum absolute atomic E-state index is 0.0309. The van der Waals surface area contributed by atoms with Crippen molar-refractivity contribution in [2.75, 3.05) is 6.61 Å². The Kier molecular flexibility index (Phi) is 4.80. The first-order valence-corrected chi connectivity index (χ1v) is 6.11. The maximum Gasteiger partial charge on any atom is 0.344 e. The van der Waals surface area contributed by atoms with Gasteiger partial charge in [0.2, 0.25) is 0 Å². The summed E-state index contributed by atoms with van der Waals surface area (Å²) in [6, 6.07) is 9.51. The number of nitrogens with zero attached hydrogens (tertiary/aromatic N) is 2. The van der Waals surface area contributed by atoms with Gasteiger partial charge in [-0.05, 0) is 5.56 Å². The number of ether oxygens (including phenoxy) is 1. The van der Waals surface area contributed by atoms with Crippen molar-refractivity contribution in [3.05, 3.63) is 62.9 Å². The highest BCUT2D eigenvalue weighted by atomic mass is 16.5. The number of aliphatic hydroxyl groups is 1. The molecule has 1 atom stereocenters. The topological polar surface area (TPSA) is 97.2 Å². The fraction of sp³-hybridized carbons (Fsp3) is 0.308. The van der Waals surface area contributed by atoms with Crippen LogP contribution in [0, 0.1) is 0 Å². The van der Waals surface area contributed by atoms with Crippen LogP contribution in [-0.4, -0.2) is 32.6 Å². The third-order valence-electron chi connectivity index (χ3n) is 2.66. The Morgan fingerprint density at radius 3 is 2.75 bits per heavy atom. The second-order valence-corrected chi connectivity index (χ2v) is 4.28. The summed E-state index contributed by atoms with van der Waals surface area (Å²) >= 11 is 0. The van der Waals surface area contributed by atoms with E-state index in [0.29, 0.717) is 6.61 Å². The monoisotopic (exact) mass is 277 g/mol. The van der Waals surface area contributed by atoms with Gasteiger partial charge in [0.05, 0.1) is 25.9 Å². The lowest BCUT2D eigenvalue weighted by Gasteiger charge is -2.12. The van der Waals surface area contributed by atoms with Gasteiger partial charge in [0, 0.05) is 0 Å². The van der Waals surface area contributed by atoms with Gasteiger partial charge in [0.1, 0.15) is 6.20 Å². The van der Waals surface area contributed by atoms with Crippen LogP contribution >= 0.6 is 0 Å². The third kappa shape index (κ3) is 3.87. The summed E-state index contributed by atoms with van der Waals surface area (Å²) < 4.78 is 6.22. The molecule has 0 amide bonds. The average molecular weight is 277 g/mol. The highest BCUT2D eigenvalue weighted by molar-refractivity contribution is 5.13. The number of nitrogens with one attached hydrogen (secondary N) is 1. The predicted octanol–water partition coefficient (Wildman–Crippen LogP) is -0.491. The smallest absolute Gasteiger partial charge is 0.344 e. The molecule has 1 aromatic heterocycles. The van der Waals surface area contributed by atoms with Gasteiger partial charge in [0.25, 0.3) is 5.56 Å². The van der Waals surface area contributed by atoms with E-state index in [4.69, 9.17) is 4.74 Å². The quantitative estimate of drug-likeness (QED) is 0.742. The first-order valence-electron chi connectivity index (χ1n) is 6.11. The standard InChI is InChI=1S/C13H15N3O4/c17-11(7-16-12(18)6-14-15-13(16)19)9-20-8-10-4-2-1-3-5-10/h1-6,11,17H,7-9H2,(H,15,19). The van der Waals surface area contributed by atoms with E-state index in [9.17, 15) is 14.7 Å². The van der Waals surface area contributed by atoms with E-state index in [1.165, 1.54) is 0 Å². The molecule has 0 saturated heterocycles. The van der Waals surface area contributed by atoms with Gasteiger partial charge in [-0.25, -0.2) is 9.89 Å². The number of hydrogen-bond donors (Lipinski definition) is 2. The van der Waals surface area contributed by atoms with Crippen molar-refractivity contribution < 1.29 is 9.84 Å². The lowest BCUT2D eigenvalue weighted by Crippen LogP contribution is -2.39. The van der Waals surface area contributed by atoms with Crippen LogP contribution in [0.15, 0.2) is 46.1 Å². The Morgan fingerprint density at radius 1 is 1.30 bits per heavy atom. The van der Waals surface area contributed by atoms with Gasteiger partial charge >= 0.3 is 5.69 Å². The zero-order valence-corrected chi connectivity index (χ0v) is 10.7. The number of hydrogen-bond acceptors (Lipinski definition) is 5. The van der Waals surface area contributed by atoms with Crippen LogP contribution in [0.3, 0.4) is 0 Å².